The molecule has 8 heteroatoms. The minimum atomic E-state index is -1.57. The molecule has 0 aliphatic heterocycles. The third-order valence-electron chi connectivity index (χ3n) is 2.12. The summed E-state index contributed by atoms with van der Waals surface area (Å²) < 4.78 is 0. The molecule has 0 rings (SSSR count). The molecular weight excluding hydrogens is 247 g/mol. The molecule has 7 nitrogen and oxygen atoms in total. The number of nitrogens with one attached hydrogen (secondary N) is 1. The van der Waals surface area contributed by atoms with Gasteiger partial charge in [-0.2, -0.15) is 0 Å². The number of hydrogen-bond acceptors (Lipinski definition) is 5. The Morgan fingerprint density at radius 1 is 1.35 bits per heavy atom. The van der Waals surface area contributed by atoms with Crippen LogP contribution in [0.15, 0.2) is 0 Å². The summed E-state index contributed by atoms with van der Waals surface area (Å²) in [7, 11) is -1.57. The molecule has 0 aliphatic rings. The number of rotatable bonds is 10. The predicted octanol–water partition coefficient (Wildman–Crippen LogP) is -0.205. The Balaban J connectivity index is 3.97. The molecule has 0 heterocycles. The number of hydrogen-bond donors (Lipinski definition) is 5. The Bertz CT molecular complexity index is 252. The number of carboxylic acids is 2. The van der Waals surface area contributed by atoms with E-state index in [0.717, 1.165) is 0 Å². The van der Waals surface area contributed by atoms with Crippen LogP contribution < -0.4 is 10.8 Å². The van der Waals surface area contributed by atoms with Crippen LogP contribution in [0.5, 0.6) is 0 Å². The van der Waals surface area contributed by atoms with Gasteiger partial charge in [0.25, 0.3) is 0 Å². The molecule has 0 aromatic carbocycles. The van der Waals surface area contributed by atoms with Crippen LogP contribution in [0.1, 0.15) is 19.3 Å². The molecular formula is C9H19N2O5P. The lowest BCUT2D eigenvalue weighted by atomic mass is 10.1. The summed E-state index contributed by atoms with van der Waals surface area (Å²) in [6, 6.07) is 0. The second-order valence-corrected chi connectivity index (χ2v) is 5.08. The van der Waals surface area contributed by atoms with Crippen LogP contribution >= 0.6 is 8.30 Å². The second kappa shape index (κ2) is 9.30. The highest BCUT2D eigenvalue weighted by Crippen LogP contribution is 2.29. The van der Waals surface area contributed by atoms with Gasteiger partial charge in [-0.15, -0.1) is 0 Å². The summed E-state index contributed by atoms with van der Waals surface area (Å²) in [5, 5.41) is 20.1. The minimum Gasteiger partial charge on any atom is -0.481 e. The van der Waals surface area contributed by atoms with Crippen LogP contribution in [0.2, 0.25) is 0 Å². The SMILES string of the molecule is NCCCNP(O)CC(CCC(=O)O)C(=O)O. The summed E-state index contributed by atoms with van der Waals surface area (Å²) in [5.41, 5.74) is 5.27. The first-order valence-electron chi connectivity index (χ1n) is 5.32. The van der Waals surface area contributed by atoms with Crippen LogP contribution in [0.3, 0.4) is 0 Å². The van der Waals surface area contributed by atoms with E-state index in [2.05, 4.69) is 5.09 Å². The van der Waals surface area contributed by atoms with E-state index in [9.17, 15) is 14.5 Å². The van der Waals surface area contributed by atoms with Gasteiger partial charge >= 0.3 is 11.9 Å². The number of aliphatic carboxylic acids is 2. The van der Waals surface area contributed by atoms with E-state index < -0.39 is 26.2 Å². The smallest absolute Gasteiger partial charge is 0.306 e. The van der Waals surface area contributed by atoms with Crippen molar-refractivity contribution in [2.75, 3.05) is 19.3 Å². The van der Waals surface area contributed by atoms with Crippen molar-refractivity contribution in [3.8, 4) is 0 Å². The average Bonchev–Trinajstić information content (AvgIpc) is 2.23. The summed E-state index contributed by atoms with van der Waals surface area (Å²) in [6.45, 7) is 1.03. The molecule has 0 aliphatic carbocycles. The van der Waals surface area contributed by atoms with Gasteiger partial charge in [-0.05, 0) is 19.4 Å². The molecule has 0 amide bonds. The van der Waals surface area contributed by atoms with Crippen molar-refractivity contribution in [1.29, 1.82) is 0 Å². The Kier molecular flexibility index (Phi) is 8.89. The third-order valence-corrected chi connectivity index (χ3v) is 3.50. The number of carboxylic acid groups (broad SMARTS) is 2. The molecule has 0 bridgehead atoms. The first-order valence-corrected chi connectivity index (χ1v) is 6.80. The average molecular weight is 266 g/mol. The van der Waals surface area contributed by atoms with Gasteiger partial charge in [-0.25, -0.2) is 0 Å². The topological polar surface area (TPSA) is 133 Å². The highest BCUT2D eigenvalue weighted by Gasteiger charge is 2.22. The maximum atomic E-state index is 10.8. The van der Waals surface area contributed by atoms with Gasteiger partial charge in [0.1, 0.15) is 0 Å². The lowest BCUT2D eigenvalue weighted by Crippen LogP contribution is -2.22. The predicted molar refractivity (Wildman–Crippen MR) is 63.7 cm³/mol. The van der Waals surface area contributed by atoms with Crippen LogP contribution in [0.25, 0.3) is 0 Å². The molecule has 2 unspecified atom stereocenters. The maximum Gasteiger partial charge on any atom is 0.306 e. The van der Waals surface area contributed by atoms with Gasteiger partial charge in [-0.3, -0.25) is 14.7 Å². The lowest BCUT2D eigenvalue weighted by Gasteiger charge is -2.16. The zero-order chi connectivity index (χ0) is 13.3. The Morgan fingerprint density at radius 3 is 2.47 bits per heavy atom. The van der Waals surface area contributed by atoms with E-state index in [1.807, 2.05) is 0 Å². The molecule has 0 saturated carbocycles. The normalized spacial score (nSPS) is 14.2. The van der Waals surface area contributed by atoms with Crippen molar-refractivity contribution in [3.05, 3.63) is 0 Å². The number of carbonyl (C=O) groups is 2. The molecule has 0 spiro atoms. The van der Waals surface area contributed by atoms with Crippen LogP contribution in [0, 0.1) is 5.92 Å². The first kappa shape index (κ1) is 16.2. The fraction of sp³-hybridized carbons (Fsp3) is 0.778. The first-order chi connectivity index (χ1) is 7.97. The van der Waals surface area contributed by atoms with Crippen LogP contribution in [0.4, 0.5) is 0 Å². The highest BCUT2D eigenvalue weighted by molar-refractivity contribution is 7.49. The zero-order valence-electron chi connectivity index (χ0n) is 9.50. The standard InChI is InChI=1S/C9H19N2O5P/c10-4-1-5-11-17(16)6-7(9(14)15)2-3-8(12)13/h7,11,16H,1-6,10H2,(H,12,13)(H,14,15). The van der Waals surface area contributed by atoms with Crippen molar-refractivity contribution in [3.63, 3.8) is 0 Å². The molecule has 0 radical (unpaired) electrons. The van der Waals surface area contributed by atoms with Gasteiger partial charge in [0, 0.05) is 19.1 Å². The third kappa shape index (κ3) is 9.00. The van der Waals surface area contributed by atoms with Crippen LogP contribution in [-0.4, -0.2) is 46.3 Å². The molecule has 6 N–H and O–H groups in total. The van der Waals surface area contributed by atoms with Gasteiger partial charge < -0.3 is 20.8 Å². The van der Waals surface area contributed by atoms with Crippen molar-refractivity contribution >= 4 is 20.2 Å². The summed E-state index contributed by atoms with van der Waals surface area (Å²) in [6.07, 6.45) is 0.584. The fourth-order valence-corrected chi connectivity index (χ4v) is 2.48. The van der Waals surface area contributed by atoms with Crippen molar-refractivity contribution < 1.29 is 24.7 Å². The quantitative estimate of drug-likeness (QED) is 0.273. The number of nitrogens with two attached hydrogens (primary N) is 1. The summed E-state index contributed by atoms with van der Waals surface area (Å²) in [5.74, 6) is -2.93. The van der Waals surface area contributed by atoms with Crippen LogP contribution in [-0.2, 0) is 9.59 Å². The van der Waals surface area contributed by atoms with Gasteiger partial charge in [-0.1, -0.05) is 0 Å². The molecule has 0 aromatic heterocycles. The van der Waals surface area contributed by atoms with Gasteiger partial charge in [0.2, 0.25) is 0 Å². The van der Waals surface area contributed by atoms with E-state index >= 15 is 0 Å². The monoisotopic (exact) mass is 266 g/mol. The van der Waals surface area contributed by atoms with E-state index in [-0.39, 0.29) is 19.0 Å². The Labute approximate surface area is 101 Å². The zero-order valence-corrected chi connectivity index (χ0v) is 10.4. The minimum absolute atomic E-state index is 0.0304. The van der Waals surface area contributed by atoms with Crippen molar-refractivity contribution in [2.24, 2.45) is 11.7 Å². The van der Waals surface area contributed by atoms with E-state index in [4.69, 9.17) is 15.9 Å². The Morgan fingerprint density at radius 2 is 2.00 bits per heavy atom. The van der Waals surface area contributed by atoms with Crippen molar-refractivity contribution in [1.82, 2.24) is 5.09 Å². The van der Waals surface area contributed by atoms with E-state index in [0.29, 0.717) is 19.5 Å². The van der Waals surface area contributed by atoms with Gasteiger partial charge in [0.05, 0.1) is 14.2 Å². The summed E-state index contributed by atoms with van der Waals surface area (Å²) in [4.78, 5) is 30.7. The van der Waals surface area contributed by atoms with E-state index in [1.165, 1.54) is 0 Å². The highest BCUT2D eigenvalue weighted by atomic mass is 31.2. The second-order valence-electron chi connectivity index (χ2n) is 3.60. The summed E-state index contributed by atoms with van der Waals surface area (Å²) >= 11 is 0. The molecule has 17 heavy (non-hydrogen) atoms. The molecule has 100 valence electrons. The van der Waals surface area contributed by atoms with E-state index in [1.54, 1.807) is 0 Å². The fourth-order valence-electron chi connectivity index (χ4n) is 1.17. The molecule has 2 atom stereocenters. The van der Waals surface area contributed by atoms with Crippen molar-refractivity contribution in [2.45, 2.75) is 19.3 Å². The maximum absolute atomic E-state index is 10.8. The largest absolute Gasteiger partial charge is 0.481 e. The molecule has 0 fully saturated rings. The molecule has 0 aromatic rings. The van der Waals surface area contributed by atoms with Gasteiger partial charge in [0.15, 0.2) is 0 Å². The molecule has 0 saturated heterocycles. The Hall–Kier alpha value is -0.750. The lowest BCUT2D eigenvalue weighted by molar-refractivity contribution is -0.142.